The Hall–Kier alpha value is -3.02. The highest BCUT2D eigenvalue weighted by molar-refractivity contribution is 7.89. The quantitative estimate of drug-likeness (QED) is 0.760. The molecule has 0 saturated carbocycles. The normalized spacial score (nSPS) is 11.2. The summed E-state index contributed by atoms with van der Waals surface area (Å²) in [5.41, 5.74) is 1.19. The predicted octanol–water partition coefficient (Wildman–Crippen LogP) is 2.36. The molecule has 0 amide bonds. The van der Waals surface area contributed by atoms with Crippen LogP contribution in [0.15, 0.2) is 66.1 Å². The van der Waals surface area contributed by atoms with Gasteiger partial charge >= 0.3 is 0 Å². The molecule has 0 aliphatic carbocycles. The molecule has 0 unspecified atom stereocenters. The van der Waals surface area contributed by atoms with Crippen LogP contribution in [0.5, 0.6) is 0 Å². The number of nitrogens with zero attached hydrogens (tertiary/aromatic N) is 3. The average Bonchev–Trinajstić information content (AvgIpc) is 3.14. The van der Waals surface area contributed by atoms with Crippen LogP contribution < -0.4 is 4.72 Å². The maximum absolute atomic E-state index is 14.2. The number of imidazole rings is 1. The molecule has 6 nitrogen and oxygen atoms in total. The van der Waals surface area contributed by atoms with Crippen molar-refractivity contribution in [2.45, 2.75) is 11.4 Å². The van der Waals surface area contributed by atoms with E-state index in [4.69, 9.17) is 5.26 Å². The molecule has 3 aromatic rings. The Bertz CT molecular complexity index is 1020. The zero-order valence-electron chi connectivity index (χ0n) is 12.9. The second-order valence-electron chi connectivity index (χ2n) is 5.22. The van der Waals surface area contributed by atoms with Gasteiger partial charge in [-0.25, -0.2) is 22.5 Å². The molecule has 0 bridgehead atoms. The van der Waals surface area contributed by atoms with Crippen LogP contribution in [0.25, 0.3) is 5.69 Å². The summed E-state index contributed by atoms with van der Waals surface area (Å²) in [6, 6.07) is 11.9. The predicted molar refractivity (Wildman–Crippen MR) is 88.7 cm³/mol. The summed E-state index contributed by atoms with van der Waals surface area (Å²) in [7, 11) is -3.75. The van der Waals surface area contributed by atoms with Gasteiger partial charge in [0.1, 0.15) is 5.82 Å². The second kappa shape index (κ2) is 6.84. The van der Waals surface area contributed by atoms with E-state index >= 15 is 0 Å². The smallest absolute Gasteiger partial charge is 0.240 e. The number of sulfonamides is 1. The summed E-state index contributed by atoms with van der Waals surface area (Å²) < 4.78 is 42.6. The van der Waals surface area contributed by atoms with Crippen molar-refractivity contribution in [3.8, 4) is 11.8 Å². The van der Waals surface area contributed by atoms with Crippen LogP contribution in [0.4, 0.5) is 4.39 Å². The van der Waals surface area contributed by atoms with Crippen LogP contribution in [0, 0.1) is 17.1 Å². The van der Waals surface area contributed by atoms with Crippen LogP contribution >= 0.6 is 0 Å². The van der Waals surface area contributed by atoms with Crippen LogP contribution in [0.2, 0.25) is 0 Å². The lowest BCUT2D eigenvalue weighted by molar-refractivity contribution is 0.580. The zero-order chi connectivity index (χ0) is 17.9. The van der Waals surface area contributed by atoms with Crippen LogP contribution in [0.1, 0.15) is 11.1 Å². The molecular weight excluding hydrogens is 343 g/mol. The van der Waals surface area contributed by atoms with Crippen LogP contribution in [-0.4, -0.2) is 18.0 Å². The lowest BCUT2D eigenvalue weighted by Crippen LogP contribution is -2.23. The molecule has 25 heavy (non-hydrogen) atoms. The van der Waals surface area contributed by atoms with Crippen molar-refractivity contribution in [2.24, 2.45) is 0 Å². The van der Waals surface area contributed by atoms with Crippen molar-refractivity contribution in [2.75, 3.05) is 0 Å². The van der Waals surface area contributed by atoms with Gasteiger partial charge in [-0.2, -0.15) is 5.26 Å². The molecule has 0 radical (unpaired) electrons. The number of hydrogen-bond donors (Lipinski definition) is 1. The van der Waals surface area contributed by atoms with E-state index < -0.39 is 15.8 Å². The van der Waals surface area contributed by atoms with Gasteiger partial charge < -0.3 is 4.57 Å². The number of nitrogens with one attached hydrogen (secondary N) is 1. The van der Waals surface area contributed by atoms with E-state index in [0.29, 0.717) is 16.8 Å². The molecule has 0 atom stereocenters. The van der Waals surface area contributed by atoms with Crippen molar-refractivity contribution < 1.29 is 12.8 Å². The largest absolute Gasteiger partial charge is 0.303 e. The van der Waals surface area contributed by atoms with Gasteiger partial charge in [0.2, 0.25) is 10.0 Å². The molecular formula is C17H13FN4O2S. The number of hydrogen-bond acceptors (Lipinski definition) is 4. The molecule has 1 aromatic heterocycles. The molecule has 2 aromatic carbocycles. The fourth-order valence-corrected chi connectivity index (χ4v) is 3.26. The van der Waals surface area contributed by atoms with Crippen molar-refractivity contribution in [1.29, 1.82) is 5.26 Å². The Balaban J connectivity index is 1.74. The van der Waals surface area contributed by atoms with E-state index in [-0.39, 0.29) is 11.4 Å². The lowest BCUT2D eigenvalue weighted by Gasteiger charge is -2.09. The Morgan fingerprint density at radius 1 is 1.20 bits per heavy atom. The summed E-state index contributed by atoms with van der Waals surface area (Å²) in [6.07, 6.45) is 4.64. The number of benzene rings is 2. The van der Waals surface area contributed by atoms with Crippen molar-refractivity contribution >= 4 is 10.0 Å². The maximum Gasteiger partial charge on any atom is 0.240 e. The summed E-state index contributed by atoms with van der Waals surface area (Å²) in [5, 5.41) is 8.74. The number of halogens is 1. The highest BCUT2D eigenvalue weighted by atomic mass is 32.2. The number of nitriles is 1. The molecule has 126 valence electrons. The first kappa shape index (κ1) is 16.8. The van der Waals surface area contributed by atoms with E-state index in [1.54, 1.807) is 24.5 Å². The second-order valence-corrected chi connectivity index (χ2v) is 6.98. The van der Waals surface area contributed by atoms with Crippen LogP contribution in [-0.2, 0) is 16.6 Å². The van der Waals surface area contributed by atoms with Gasteiger partial charge in [-0.05, 0) is 42.0 Å². The Morgan fingerprint density at radius 3 is 2.56 bits per heavy atom. The topological polar surface area (TPSA) is 87.8 Å². The van der Waals surface area contributed by atoms with E-state index in [2.05, 4.69) is 9.71 Å². The van der Waals surface area contributed by atoms with Crippen molar-refractivity contribution in [1.82, 2.24) is 14.3 Å². The minimum absolute atomic E-state index is 0.0435. The molecule has 0 aliphatic heterocycles. The molecule has 1 N–H and O–H groups in total. The third-order valence-electron chi connectivity index (χ3n) is 3.55. The Labute approximate surface area is 144 Å². The van der Waals surface area contributed by atoms with Gasteiger partial charge in [0, 0.05) is 18.9 Å². The van der Waals surface area contributed by atoms with Crippen LogP contribution in [0.3, 0.4) is 0 Å². The van der Waals surface area contributed by atoms with Gasteiger partial charge in [0.05, 0.1) is 28.5 Å². The van der Waals surface area contributed by atoms with Gasteiger partial charge in [-0.1, -0.05) is 6.07 Å². The molecule has 0 fully saturated rings. The summed E-state index contributed by atoms with van der Waals surface area (Å²) >= 11 is 0. The average molecular weight is 356 g/mol. The van der Waals surface area contributed by atoms with E-state index in [1.165, 1.54) is 41.2 Å². The van der Waals surface area contributed by atoms with Crippen molar-refractivity contribution in [3.63, 3.8) is 0 Å². The third kappa shape index (κ3) is 3.74. The minimum Gasteiger partial charge on any atom is -0.303 e. The summed E-state index contributed by atoms with van der Waals surface area (Å²) in [4.78, 5) is 3.90. The Kier molecular flexibility index (Phi) is 4.61. The fraction of sp³-hybridized carbons (Fsp3) is 0.0588. The first-order chi connectivity index (χ1) is 12.0. The molecule has 0 aliphatic rings. The van der Waals surface area contributed by atoms with Gasteiger partial charge in [0.15, 0.2) is 0 Å². The van der Waals surface area contributed by atoms with Gasteiger partial charge in [-0.15, -0.1) is 0 Å². The van der Waals surface area contributed by atoms with Crippen molar-refractivity contribution in [3.05, 3.63) is 78.1 Å². The standard InChI is InChI=1S/C17H13FN4O2S/c18-16-9-14(3-6-17(16)22-8-7-20-12-22)11-21-25(23,24)15-4-1-13(10-19)2-5-15/h1-9,12,21H,11H2. The first-order valence-electron chi connectivity index (χ1n) is 7.26. The summed E-state index contributed by atoms with van der Waals surface area (Å²) in [6.45, 7) is -0.0521. The molecule has 0 saturated heterocycles. The lowest BCUT2D eigenvalue weighted by atomic mass is 10.2. The highest BCUT2D eigenvalue weighted by Gasteiger charge is 2.14. The monoisotopic (exact) mass is 356 g/mol. The zero-order valence-corrected chi connectivity index (χ0v) is 13.7. The van der Waals surface area contributed by atoms with Gasteiger partial charge in [-0.3, -0.25) is 0 Å². The van der Waals surface area contributed by atoms with E-state index in [1.807, 2.05) is 6.07 Å². The summed E-state index contributed by atoms with van der Waals surface area (Å²) in [5.74, 6) is -0.479. The molecule has 1 heterocycles. The highest BCUT2D eigenvalue weighted by Crippen LogP contribution is 2.16. The molecule has 3 rings (SSSR count). The van der Waals surface area contributed by atoms with E-state index in [9.17, 15) is 12.8 Å². The molecule has 8 heteroatoms. The SMILES string of the molecule is N#Cc1ccc(S(=O)(=O)NCc2ccc(-n3ccnc3)c(F)c2)cc1. The number of aromatic nitrogens is 2. The number of rotatable bonds is 5. The van der Waals surface area contributed by atoms with E-state index in [0.717, 1.165) is 0 Å². The van der Waals surface area contributed by atoms with Gasteiger partial charge in [0.25, 0.3) is 0 Å². The fourth-order valence-electron chi connectivity index (χ4n) is 2.24. The minimum atomic E-state index is -3.75. The first-order valence-corrected chi connectivity index (χ1v) is 8.74. The third-order valence-corrected chi connectivity index (χ3v) is 4.97. The molecule has 0 spiro atoms. The Morgan fingerprint density at radius 2 is 1.96 bits per heavy atom. The maximum atomic E-state index is 14.2.